The highest BCUT2D eigenvalue weighted by atomic mass is 32.2. The van der Waals surface area contributed by atoms with Crippen molar-refractivity contribution in [2.75, 3.05) is 11.9 Å². The van der Waals surface area contributed by atoms with Crippen LogP contribution in [-0.2, 0) is 9.53 Å². The average molecular weight is 442 g/mol. The minimum Gasteiger partial charge on any atom is -0.462 e. The van der Waals surface area contributed by atoms with Crippen molar-refractivity contribution in [3.05, 3.63) is 47.0 Å². The van der Waals surface area contributed by atoms with Crippen molar-refractivity contribution in [1.29, 1.82) is 0 Å². The van der Waals surface area contributed by atoms with Crippen molar-refractivity contribution < 1.29 is 14.3 Å². The molecule has 1 N–H and O–H groups in total. The van der Waals surface area contributed by atoms with Crippen molar-refractivity contribution in [3.63, 3.8) is 0 Å². The molecule has 10 heteroatoms. The molecule has 0 bridgehead atoms. The van der Waals surface area contributed by atoms with E-state index < -0.39 is 11.2 Å². The van der Waals surface area contributed by atoms with Gasteiger partial charge in [0.15, 0.2) is 15.9 Å². The summed E-state index contributed by atoms with van der Waals surface area (Å²) in [4.78, 5) is 29.3. The molecule has 8 nitrogen and oxygen atoms in total. The highest BCUT2D eigenvalue weighted by Crippen LogP contribution is 2.28. The van der Waals surface area contributed by atoms with E-state index in [-0.39, 0.29) is 12.5 Å². The Bertz CT molecular complexity index is 1250. The Hall–Kier alpha value is -2.98. The van der Waals surface area contributed by atoms with Gasteiger partial charge in [-0.3, -0.25) is 9.20 Å². The van der Waals surface area contributed by atoms with E-state index in [1.54, 1.807) is 20.8 Å². The molecule has 1 atom stereocenters. The number of para-hydroxylation sites is 1. The van der Waals surface area contributed by atoms with E-state index >= 15 is 0 Å². The molecule has 0 spiro atoms. The molecule has 0 fully saturated rings. The number of aryl methyl sites for hydroxylation is 1. The third-order valence-corrected chi connectivity index (χ3v) is 6.48. The van der Waals surface area contributed by atoms with Crippen LogP contribution in [0.2, 0.25) is 0 Å². The molecule has 0 radical (unpaired) electrons. The zero-order chi connectivity index (χ0) is 21.3. The summed E-state index contributed by atoms with van der Waals surface area (Å²) >= 11 is 2.42. The number of esters is 1. The summed E-state index contributed by atoms with van der Waals surface area (Å²) in [6.07, 6.45) is 0. The highest BCUT2D eigenvalue weighted by Gasteiger charge is 2.22. The predicted molar refractivity (Wildman–Crippen MR) is 117 cm³/mol. The van der Waals surface area contributed by atoms with Gasteiger partial charge < -0.3 is 10.1 Å². The molecular weight excluding hydrogens is 422 g/mol. The van der Waals surface area contributed by atoms with E-state index in [1.165, 1.54) is 11.8 Å². The number of anilines is 1. The predicted octanol–water partition coefficient (Wildman–Crippen LogP) is 3.94. The molecule has 0 saturated carbocycles. The molecule has 3 heterocycles. The van der Waals surface area contributed by atoms with Crippen molar-refractivity contribution in [2.45, 2.75) is 31.2 Å². The fourth-order valence-corrected chi connectivity index (χ4v) is 4.67. The number of hydrogen-bond donors (Lipinski definition) is 1. The number of nitrogens with zero attached hydrogens (tertiary/aromatic N) is 4. The zero-order valence-electron chi connectivity index (χ0n) is 16.6. The first kappa shape index (κ1) is 20.3. The van der Waals surface area contributed by atoms with Crippen LogP contribution in [0.25, 0.3) is 16.6 Å². The number of rotatable bonds is 6. The van der Waals surface area contributed by atoms with Crippen LogP contribution < -0.4 is 5.32 Å². The first-order valence-corrected chi connectivity index (χ1v) is 11.0. The Morgan fingerprint density at radius 2 is 2.03 bits per heavy atom. The van der Waals surface area contributed by atoms with E-state index in [1.807, 2.05) is 40.8 Å². The van der Waals surface area contributed by atoms with Crippen LogP contribution in [-0.4, -0.2) is 43.3 Å². The molecule has 30 heavy (non-hydrogen) atoms. The molecule has 1 unspecified atom stereocenters. The topological polar surface area (TPSA) is 98.5 Å². The fraction of sp³-hybridized carbons (Fsp3) is 0.250. The van der Waals surface area contributed by atoms with Crippen LogP contribution in [0.15, 0.2) is 41.6 Å². The van der Waals surface area contributed by atoms with E-state index in [2.05, 4.69) is 20.5 Å². The largest absolute Gasteiger partial charge is 0.462 e. The molecule has 0 aliphatic heterocycles. The number of hydrogen-bond acceptors (Lipinski definition) is 8. The fourth-order valence-electron chi connectivity index (χ4n) is 2.94. The van der Waals surface area contributed by atoms with Gasteiger partial charge in [-0.15, -0.1) is 10.2 Å². The summed E-state index contributed by atoms with van der Waals surface area (Å²) in [5.74, 6) is -0.668. The van der Waals surface area contributed by atoms with Crippen molar-refractivity contribution in [3.8, 4) is 0 Å². The third kappa shape index (κ3) is 3.88. The summed E-state index contributed by atoms with van der Waals surface area (Å²) in [6, 6.07) is 11.8. The molecule has 3 aromatic heterocycles. The van der Waals surface area contributed by atoms with Crippen LogP contribution in [0.1, 0.15) is 29.2 Å². The van der Waals surface area contributed by atoms with Crippen LogP contribution in [0.4, 0.5) is 5.13 Å². The maximum Gasteiger partial charge on any atom is 0.350 e. The Balaban J connectivity index is 1.53. The summed E-state index contributed by atoms with van der Waals surface area (Å²) in [6.45, 7) is 5.53. The molecular formula is C20H19N5O3S2. The Labute approximate surface area is 180 Å². The van der Waals surface area contributed by atoms with E-state index in [9.17, 15) is 9.59 Å². The molecule has 1 amide bonds. The summed E-state index contributed by atoms with van der Waals surface area (Å²) in [7, 11) is 0. The van der Waals surface area contributed by atoms with Gasteiger partial charge in [0, 0.05) is 0 Å². The number of thiazole rings is 1. The van der Waals surface area contributed by atoms with E-state index in [4.69, 9.17) is 4.74 Å². The Morgan fingerprint density at radius 1 is 1.23 bits per heavy atom. The molecule has 0 saturated heterocycles. The van der Waals surface area contributed by atoms with Gasteiger partial charge in [0.2, 0.25) is 5.91 Å². The number of aromatic nitrogens is 4. The minimum absolute atomic E-state index is 0.235. The number of carbonyl (C=O) groups is 2. The average Bonchev–Trinajstić information content (AvgIpc) is 3.31. The normalized spacial score (nSPS) is 12.2. The number of amides is 1. The van der Waals surface area contributed by atoms with Crippen molar-refractivity contribution >= 4 is 56.7 Å². The van der Waals surface area contributed by atoms with Gasteiger partial charge in [-0.2, -0.15) is 0 Å². The van der Waals surface area contributed by atoms with Crippen molar-refractivity contribution in [1.82, 2.24) is 19.6 Å². The van der Waals surface area contributed by atoms with Crippen molar-refractivity contribution in [2.24, 2.45) is 0 Å². The minimum atomic E-state index is -0.452. The smallest absolute Gasteiger partial charge is 0.350 e. The lowest BCUT2D eigenvalue weighted by Crippen LogP contribution is -2.22. The quantitative estimate of drug-likeness (QED) is 0.357. The highest BCUT2D eigenvalue weighted by molar-refractivity contribution is 8.00. The molecule has 4 rings (SSSR count). The van der Waals surface area contributed by atoms with Crippen LogP contribution in [0, 0.1) is 6.92 Å². The van der Waals surface area contributed by atoms with Gasteiger partial charge in [-0.25, -0.2) is 9.78 Å². The molecule has 4 aromatic rings. The van der Waals surface area contributed by atoms with Gasteiger partial charge in [0.1, 0.15) is 4.88 Å². The molecule has 1 aromatic carbocycles. The number of benzene rings is 1. The number of thioether (sulfide) groups is 1. The molecule has 0 aliphatic carbocycles. The van der Waals surface area contributed by atoms with Crippen LogP contribution >= 0.6 is 23.1 Å². The van der Waals surface area contributed by atoms with Crippen LogP contribution in [0.5, 0.6) is 0 Å². The van der Waals surface area contributed by atoms with E-state index in [0.717, 1.165) is 27.9 Å². The lowest BCUT2D eigenvalue weighted by Gasteiger charge is -2.10. The summed E-state index contributed by atoms with van der Waals surface area (Å²) in [5, 5.41) is 12.9. The van der Waals surface area contributed by atoms with Crippen LogP contribution in [0.3, 0.4) is 0 Å². The number of fused-ring (bicyclic) bond motifs is 3. The second kappa shape index (κ2) is 8.41. The maximum atomic E-state index is 12.7. The Morgan fingerprint density at radius 3 is 2.83 bits per heavy atom. The monoisotopic (exact) mass is 441 g/mol. The second-order valence-corrected chi connectivity index (χ2v) is 8.78. The SMILES string of the molecule is CCOC(=O)c1sc(NC(=O)C(C)Sc2nnc3ccc4ccccc4n23)nc1C. The van der Waals surface area contributed by atoms with Gasteiger partial charge in [-0.1, -0.05) is 41.3 Å². The first-order chi connectivity index (χ1) is 14.5. The standard InChI is InChI=1S/C20H19N5O3S2/c1-4-28-18(27)16-11(2)21-19(30-16)22-17(26)12(3)29-20-24-23-15-10-9-13-7-5-6-8-14(13)25(15)20/h5-10,12H,4H2,1-3H3,(H,21,22,26). The third-order valence-electron chi connectivity index (χ3n) is 4.39. The zero-order valence-corrected chi connectivity index (χ0v) is 18.2. The molecule has 0 aliphatic rings. The van der Waals surface area contributed by atoms with Gasteiger partial charge in [0.05, 0.1) is 23.1 Å². The lowest BCUT2D eigenvalue weighted by molar-refractivity contribution is -0.115. The second-order valence-electron chi connectivity index (χ2n) is 6.47. The van der Waals surface area contributed by atoms with E-state index in [0.29, 0.717) is 20.9 Å². The maximum absolute atomic E-state index is 12.7. The number of ether oxygens (including phenoxy) is 1. The van der Waals surface area contributed by atoms with Gasteiger partial charge in [0.25, 0.3) is 0 Å². The number of carbonyl (C=O) groups excluding carboxylic acids is 2. The lowest BCUT2D eigenvalue weighted by atomic mass is 10.2. The first-order valence-electron chi connectivity index (χ1n) is 9.33. The Kier molecular flexibility index (Phi) is 5.69. The molecule has 154 valence electrons. The van der Waals surface area contributed by atoms with Gasteiger partial charge in [-0.05, 0) is 44.4 Å². The number of pyridine rings is 1. The summed E-state index contributed by atoms with van der Waals surface area (Å²) in [5.41, 5.74) is 2.23. The summed E-state index contributed by atoms with van der Waals surface area (Å²) < 4.78 is 6.96. The van der Waals surface area contributed by atoms with Gasteiger partial charge >= 0.3 is 5.97 Å². The number of nitrogens with one attached hydrogen (secondary N) is 1.